The third-order valence-corrected chi connectivity index (χ3v) is 3.59. The van der Waals surface area contributed by atoms with Crippen molar-refractivity contribution in [2.24, 2.45) is 0 Å². The van der Waals surface area contributed by atoms with Gasteiger partial charge in [-0.1, -0.05) is 11.6 Å². The largest absolute Gasteiger partial charge is 0.374 e. The molecule has 0 fully saturated rings. The smallest absolute Gasteiger partial charge is 0.0413 e. The van der Waals surface area contributed by atoms with Gasteiger partial charge in [0.2, 0.25) is 0 Å². The van der Waals surface area contributed by atoms with E-state index in [4.69, 9.17) is 11.6 Å². The summed E-state index contributed by atoms with van der Waals surface area (Å²) in [7, 11) is 6.44. The SMILES string of the molecule is CN1CCCC(N(C)C)c2cc(Cl)ccc21. The predicted molar refractivity (Wildman–Crippen MR) is 70.4 cm³/mol. The molecule has 1 atom stereocenters. The van der Waals surface area contributed by atoms with Gasteiger partial charge in [-0.25, -0.2) is 0 Å². The maximum atomic E-state index is 6.11. The average molecular weight is 239 g/mol. The molecule has 0 aliphatic carbocycles. The van der Waals surface area contributed by atoms with Crippen LogP contribution in [0.1, 0.15) is 24.4 Å². The number of fused-ring (bicyclic) bond motifs is 1. The summed E-state index contributed by atoms with van der Waals surface area (Å²) < 4.78 is 0. The van der Waals surface area contributed by atoms with Crippen molar-refractivity contribution in [2.45, 2.75) is 18.9 Å². The first-order chi connectivity index (χ1) is 7.59. The molecule has 1 aliphatic rings. The van der Waals surface area contributed by atoms with Crippen LogP contribution < -0.4 is 4.90 Å². The lowest BCUT2D eigenvalue weighted by Crippen LogP contribution is -2.20. The Kier molecular flexibility index (Phi) is 3.41. The molecule has 1 aromatic carbocycles. The van der Waals surface area contributed by atoms with Crippen LogP contribution in [0.3, 0.4) is 0 Å². The first-order valence-corrected chi connectivity index (χ1v) is 6.14. The quantitative estimate of drug-likeness (QED) is 0.742. The van der Waals surface area contributed by atoms with E-state index in [9.17, 15) is 0 Å². The van der Waals surface area contributed by atoms with Crippen molar-refractivity contribution < 1.29 is 0 Å². The molecule has 0 saturated heterocycles. The minimum Gasteiger partial charge on any atom is -0.374 e. The molecule has 2 rings (SSSR count). The van der Waals surface area contributed by atoms with Gasteiger partial charge in [0.1, 0.15) is 0 Å². The Balaban J connectivity index is 2.48. The first kappa shape index (κ1) is 11.7. The Hall–Kier alpha value is -0.730. The number of halogens is 1. The summed E-state index contributed by atoms with van der Waals surface area (Å²) in [4.78, 5) is 4.61. The molecule has 0 amide bonds. The normalized spacial score (nSPS) is 20.8. The Morgan fingerprint density at radius 1 is 1.38 bits per heavy atom. The van der Waals surface area contributed by atoms with E-state index in [1.54, 1.807) is 0 Å². The lowest BCUT2D eigenvalue weighted by molar-refractivity contribution is 0.284. The molecule has 0 aromatic heterocycles. The van der Waals surface area contributed by atoms with Crippen LogP contribution in [0.4, 0.5) is 5.69 Å². The van der Waals surface area contributed by atoms with E-state index in [1.807, 2.05) is 6.07 Å². The molecule has 3 heteroatoms. The summed E-state index contributed by atoms with van der Waals surface area (Å²) in [6, 6.07) is 6.72. The fourth-order valence-electron chi connectivity index (χ4n) is 2.47. The summed E-state index contributed by atoms with van der Waals surface area (Å²) in [5.41, 5.74) is 2.68. The molecule has 0 N–H and O–H groups in total. The fourth-order valence-corrected chi connectivity index (χ4v) is 2.65. The second-order valence-corrected chi connectivity index (χ2v) is 5.18. The average Bonchev–Trinajstić information content (AvgIpc) is 2.38. The Morgan fingerprint density at radius 2 is 2.12 bits per heavy atom. The highest BCUT2D eigenvalue weighted by molar-refractivity contribution is 6.30. The summed E-state index contributed by atoms with van der Waals surface area (Å²) in [6.07, 6.45) is 2.43. The molecule has 1 aromatic rings. The summed E-state index contributed by atoms with van der Waals surface area (Å²) in [5.74, 6) is 0. The van der Waals surface area contributed by atoms with E-state index < -0.39 is 0 Å². The van der Waals surface area contributed by atoms with Crippen LogP contribution in [0, 0.1) is 0 Å². The second kappa shape index (κ2) is 4.64. The molecular formula is C13H19ClN2. The number of anilines is 1. The van der Waals surface area contributed by atoms with Gasteiger partial charge in [-0.2, -0.15) is 0 Å². The topological polar surface area (TPSA) is 6.48 Å². The standard InChI is InChI=1S/C13H19ClN2/c1-15(2)12-5-4-8-16(3)13-7-6-10(14)9-11(12)13/h6-7,9,12H,4-5,8H2,1-3H3. The fraction of sp³-hybridized carbons (Fsp3) is 0.538. The zero-order valence-electron chi connectivity index (χ0n) is 10.2. The van der Waals surface area contributed by atoms with Crippen LogP contribution in [-0.2, 0) is 0 Å². The lowest BCUT2D eigenvalue weighted by Gasteiger charge is -2.26. The highest BCUT2D eigenvalue weighted by atomic mass is 35.5. The minimum atomic E-state index is 0.485. The summed E-state index contributed by atoms with van der Waals surface area (Å²) >= 11 is 6.11. The third kappa shape index (κ3) is 2.18. The highest BCUT2D eigenvalue weighted by Crippen LogP contribution is 2.36. The van der Waals surface area contributed by atoms with Crippen LogP contribution in [0.5, 0.6) is 0 Å². The zero-order chi connectivity index (χ0) is 11.7. The van der Waals surface area contributed by atoms with Gasteiger partial charge in [-0.3, -0.25) is 0 Å². The van der Waals surface area contributed by atoms with Crippen LogP contribution in [0.15, 0.2) is 18.2 Å². The molecule has 0 spiro atoms. The Labute approximate surface area is 103 Å². The number of rotatable bonds is 1. The molecule has 0 radical (unpaired) electrons. The molecule has 1 heterocycles. The maximum Gasteiger partial charge on any atom is 0.0413 e. The van der Waals surface area contributed by atoms with Crippen LogP contribution in [-0.4, -0.2) is 32.6 Å². The van der Waals surface area contributed by atoms with E-state index >= 15 is 0 Å². The van der Waals surface area contributed by atoms with Gasteiger partial charge in [0.05, 0.1) is 0 Å². The van der Waals surface area contributed by atoms with Crippen molar-refractivity contribution in [2.75, 3.05) is 32.6 Å². The Bertz CT molecular complexity index is 376. The van der Waals surface area contributed by atoms with E-state index in [-0.39, 0.29) is 0 Å². The van der Waals surface area contributed by atoms with Gasteiger partial charge >= 0.3 is 0 Å². The highest BCUT2D eigenvalue weighted by Gasteiger charge is 2.22. The van der Waals surface area contributed by atoms with Crippen molar-refractivity contribution in [3.05, 3.63) is 28.8 Å². The van der Waals surface area contributed by atoms with Crippen LogP contribution in [0.25, 0.3) is 0 Å². The predicted octanol–water partition coefficient (Wildman–Crippen LogP) is 3.17. The van der Waals surface area contributed by atoms with Crippen molar-refractivity contribution in [3.8, 4) is 0 Å². The van der Waals surface area contributed by atoms with Gasteiger partial charge in [0.25, 0.3) is 0 Å². The van der Waals surface area contributed by atoms with E-state index in [0.717, 1.165) is 11.6 Å². The lowest BCUT2D eigenvalue weighted by atomic mass is 10.0. The van der Waals surface area contributed by atoms with Crippen molar-refractivity contribution in [3.63, 3.8) is 0 Å². The number of benzene rings is 1. The molecule has 1 unspecified atom stereocenters. The maximum absolute atomic E-state index is 6.11. The summed E-state index contributed by atoms with van der Waals surface area (Å²) in [6.45, 7) is 1.12. The van der Waals surface area contributed by atoms with E-state index in [2.05, 4.69) is 43.1 Å². The monoisotopic (exact) mass is 238 g/mol. The third-order valence-electron chi connectivity index (χ3n) is 3.35. The van der Waals surface area contributed by atoms with Gasteiger partial charge in [-0.15, -0.1) is 0 Å². The molecule has 16 heavy (non-hydrogen) atoms. The molecule has 0 saturated carbocycles. The minimum absolute atomic E-state index is 0.485. The molecule has 1 aliphatic heterocycles. The molecular weight excluding hydrogens is 220 g/mol. The number of hydrogen-bond donors (Lipinski definition) is 0. The molecule has 88 valence electrons. The van der Waals surface area contributed by atoms with Crippen molar-refractivity contribution >= 4 is 17.3 Å². The molecule has 0 bridgehead atoms. The first-order valence-electron chi connectivity index (χ1n) is 5.76. The van der Waals surface area contributed by atoms with Crippen LogP contribution in [0.2, 0.25) is 5.02 Å². The van der Waals surface area contributed by atoms with Gasteiger partial charge in [-0.05, 0) is 50.7 Å². The van der Waals surface area contributed by atoms with Gasteiger partial charge < -0.3 is 9.80 Å². The summed E-state index contributed by atoms with van der Waals surface area (Å²) in [5, 5.41) is 0.834. The zero-order valence-corrected chi connectivity index (χ0v) is 11.0. The van der Waals surface area contributed by atoms with Gasteiger partial charge in [0.15, 0.2) is 0 Å². The van der Waals surface area contributed by atoms with Gasteiger partial charge in [0, 0.05) is 30.3 Å². The van der Waals surface area contributed by atoms with E-state index in [1.165, 1.54) is 24.1 Å². The second-order valence-electron chi connectivity index (χ2n) is 4.75. The van der Waals surface area contributed by atoms with E-state index in [0.29, 0.717) is 6.04 Å². The van der Waals surface area contributed by atoms with Crippen molar-refractivity contribution in [1.29, 1.82) is 0 Å². The Morgan fingerprint density at radius 3 is 2.81 bits per heavy atom. The number of nitrogens with zero attached hydrogens (tertiary/aromatic N) is 2. The molecule has 2 nitrogen and oxygen atoms in total. The van der Waals surface area contributed by atoms with Crippen LogP contribution >= 0.6 is 11.6 Å². The number of hydrogen-bond acceptors (Lipinski definition) is 2. The van der Waals surface area contributed by atoms with Crippen molar-refractivity contribution in [1.82, 2.24) is 4.90 Å².